The summed E-state index contributed by atoms with van der Waals surface area (Å²) in [4.78, 5) is 10.8. The molecular formula is C15H24N2O4. The number of rotatable bonds is 11. The summed E-state index contributed by atoms with van der Waals surface area (Å²) in [6.07, 6.45) is 2.61. The van der Waals surface area contributed by atoms with Crippen LogP contribution in [0.5, 0.6) is 5.75 Å². The Labute approximate surface area is 125 Å². The topological polar surface area (TPSA) is 73.6 Å². The van der Waals surface area contributed by atoms with Crippen molar-refractivity contribution in [3.8, 4) is 5.75 Å². The van der Waals surface area contributed by atoms with Gasteiger partial charge in [0.2, 0.25) is 0 Å². The lowest BCUT2D eigenvalue weighted by Gasteiger charge is -2.11. The van der Waals surface area contributed by atoms with E-state index >= 15 is 0 Å². The van der Waals surface area contributed by atoms with Gasteiger partial charge in [-0.1, -0.05) is 19.9 Å². The second-order valence-corrected chi connectivity index (χ2v) is 4.65. The van der Waals surface area contributed by atoms with E-state index in [0.717, 1.165) is 25.9 Å². The van der Waals surface area contributed by atoms with Crippen LogP contribution in [0.2, 0.25) is 0 Å². The number of benzene rings is 1. The Morgan fingerprint density at radius 1 is 1.19 bits per heavy atom. The molecule has 0 aliphatic carbocycles. The van der Waals surface area contributed by atoms with Crippen LogP contribution in [0.15, 0.2) is 18.2 Å². The van der Waals surface area contributed by atoms with Crippen molar-refractivity contribution in [2.45, 2.75) is 33.1 Å². The van der Waals surface area contributed by atoms with Gasteiger partial charge in [-0.3, -0.25) is 10.1 Å². The summed E-state index contributed by atoms with van der Waals surface area (Å²) >= 11 is 0. The van der Waals surface area contributed by atoms with E-state index in [4.69, 9.17) is 9.47 Å². The number of ether oxygens (including phenoxy) is 2. The lowest BCUT2D eigenvalue weighted by Crippen LogP contribution is -2.09. The molecule has 0 saturated heterocycles. The third-order valence-electron chi connectivity index (χ3n) is 2.77. The summed E-state index contributed by atoms with van der Waals surface area (Å²) in [5, 5.41) is 14.3. The SMILES string of the molecule is CCCOCCCNc1cccc(OCCC)c1[N+](=O)[O-]. The van der Waals surface area contributed by atoms with Crippen molar-refractivity contribution in [1.29, 1.82) is 0 Å². The highest BCUT2D eigenvalue weighted by Crippen LogP contribution is 2.34. The molecule has 0 aliphatic rings. The Morgan fingerprint density at radius 3 is 2.62 bits per heavy atom. The summed E-state index contributed by atoms with van der Waals surface area (Å²) in [6.45, 7) is 6.52. The van der Waals surface area contributed by atoms with Crippen molar-refractivity contribution in [2.24, 2.45) is 0 Å². The summed E-state index contributed by atoms with van der Waals surface area (Å²) < 4.78 is 10.8. The first-order valence-electron chi connectivity index (χ1n) is 7.42. The molecule has 1 aromatic carbocycles. The number of nitro groups is 1. The van der Waals surface area contributed by atoms with Crippen molar-refractivity contribution in [3.05, 3.63) is 28.3 Å². The largest absolute Gasteiger partial charge is 0.487 e. The van der Waals surface area contributed by atoms with E-state index in [-0.39, 0.29) is 5.69 Å². The minimum atomic E-state index is -0.402. The van der Waals surface area contributed by atoms with E-state index < -0.39 is 4.92 Å². The number of nitrogens with one attached hydrogen (secondary N) is 1. The zero-order valence-electron chi connectivity index (χ0n) is 12.8. The molecule has 0 atom stereocenters. The van der Waals surface area contributed by atoms with Gasteiger partial charge in [0.25, 0.3) is 0 Å². The number of hydrogen-bond donors (Lipinski definition) is 1. The van der Waals surface area contributed by atoms with Crippen molar-refractivity contribution >= 4 is 11.4 Å². The molecule has 0 aliphatic heterocycles. The van der Waals surface area contributed by atoms with Gasteiger partial charge in [0.15, 0.2) is 5.75 Å². The van der Waals surface area contributed by atoms with Gasteiger partial charge in [0, 0.05) is 19.8 Å². The number of anilines is 1. The quantitative estimate of drug-likeness (QED) is 0.383. The smallest absolute Gasteiger partial charge is 0.333 e. The van der Waals surface area contributed by atoms with Gasteiger partial charge in [-0.05, 0) is 31.4 Å². The first-order chi connectivity index (χ1) is 10.2. The molecule has 0 bridgehead atoms. The lowest BCUT2D eigenvalue weighted by atomic mass is 10.2. The molecule has 1 rings (SSSR count). The summed E-state index contributed by atoms with van der Waals surface area (Å²) in [6, 6.07) is 5.08. The van der Waals surface area contributed by atoms with Crippen molar-refractivity contribution < 1.29 is 14.4 Å². The van der Waals surface area contributed by atoms with E-state index in [1.165, 1.54) is 0 Å². The van der Waals surface area contributed by atoms with Gasteiger partial charge in [-0.15, -0.1) is 0 Å². The van der Waals surface area contributed by atoms with Crippen LogP contribution in [0.1, 0.15) is 33.1 Å². The van der Waals surface area contributed by atoms with Gasteiger partial charge >= 0.3 is 5.69 Å². The zero-order valence-corrected chi connectivity index (χ0v) is 12.8. The van der Waals surface area contributed by atoms with E-state index in [2.05, 4.69) is 12.2 Å². The lowest BCUT2D eigenvalue weighted by molar-refractivity contribution is -0.385. The molecule has 0 radical (unpaired) electrons. The molecular weight excluding hydrogens is 272 g/mol. The predicted molar refractivity (Wildman–Crippen MR) is 83.1 cm³/mol. The van der Waals surface area contributed by atoms with E-state index in [1.54, 1.807) is 18.2 Å². The van der Waals surface area contributed by atoms with Crippen LogP contribution in [-0.2, 0) is 4.74 Å². The Kier molecular flexibility index (Phi) is 8.19. The maximum absolute atomic E-state index is 11.2. The van der Waals surface area contributed by atoms with Gasteiger partial charge in [0.05, 0.1) is 11.5 Å². The van der Waals surface area contributed by atoms with Gasteiger partial charge in [-0.25, -0.2) is 0 Å². The molecule has 1 aromatic rings. The zero-order chi connectivity index (χ0) is 15.5. The Balaban J connectivity index is 2.61. The normalized spacial score (nSPS) is 10.4. The molecule has 0 spiro atoms. The molecule has 0 unspecified atom stereocenters. The number of nitro benzene ring substituents is 1. The molecule has 0 amide bonds. The molecule has 6 heteroatoms. The molecule has 118 valence electrons. The molecule has 1 N–H and O–H groups in total. The maximum Gasteiger partial charge on any atom is 0.333 e. The van der Waals surface area contributed by atoms with Crippen LogP contribution in [-0.4, -0.2) is 31.3 Å². The minimum Gasteiger partial charge on any atom is -0.487 e. The molecule has 6 nitrogen and oxygen atoms in total. The van der Waals surface area contributed by atoms with E-state index in [0.29, 0.717) is 31.2 Å². The summed E-state index contributed by atoms with van der Waals surface area (Å²) in [7, 11) is 0. The monoisotopic (exact) mass is 296 g/mol. The van der Waals surface area contributed by atoms with Crippen molar-refractivity contribution in [1.82, 2.24) is 0 Å². The average molecular weight is 296 g/mol. The van der Waals surface area contributed by atoms with Crippen LogP contribution >= 0.6 is 0 Å². The maximum atomic E-state index is 11.2. The number of nitrogens with zero attached hydrogens (tertiary/aromatic N) is 1. The number of hydrogen-bond acceptors (Lipinski definition) is 5. The van der Waals surface area contributed by atoms with Crippen LogP contribution in [0.25, 0.3) is 0 Å². The highest BCUT2D eigenvalue weighted by molar-refractivity contribution is 5.68. The van der Waals surface area contributed by atoms with E-state index in [1.807, 2.05) is 6.92 Å². The molecule has 0 saturated carbocycles. The average Bonchev–Trinajstić information content (AvgIpc) is 2.48. The molecule has 0 fully saturated rings. The fourth-order valence-electron chi connectivity index (χ4n) is 1.83. The van der Waals surface area contributed by atoms with Crippen LogP contribution < -0.4 is 10.1 Å². The summed E-state index contributed by atoms with van der Waals surface area (Å²) in [5.41, 5.74) is 0.490. The summed E-state index contributed by atoms with van der Waals surface area (Å²) in [5.74, 6) is 0.314. The van der Waals surface area contributed by atoms with Gasteiger partial charge in [0.1, 0.15) is 5.69 Å². The second kappa shape index (κ2) is 9.99. The first kappa shape index (κ1) is 17.2. The molecule has 0 aromatic heterocycles. The standard InChI is InChI=1S/C15H24N2O4/c1-3-10-20-12-6-9-16-13-7-5-8-14(21-11-4-2)15(13)17(18)19/h5,7-8,16H,3-4,6,9-12H2,1-2H3. The third-order valence-corrected chi connectivity index (χ3v) is 2.77. The molecule has 0 heterocycles. The minimum absolute atomic E-state index is 0.000395. The first-order valence-corrected chi connectivity index (χ1v) is 7.42. The highest BCUT2D eigenvalue weighted by atomic mass is 16.6. The fraction of sp³-hybridized carbons (Fsp3) is 0.600. The molecule has 21 heavy (non-hydrogen) atoms. The highest BCUT2D eigenvalue weighted by Gasteiger charge is 2.20. The van der Waals surface area contributed by atoms with E-state index in [9.17, 15) is 10.1 Å². The van der Waals surface area contributed by atoms with Crippen LogP contribution in [0.4, 0.5) is 11.4 Å². The van der Waals surface area contributed by atoms with Crippen molar-refractivity contribution in [2.75, 3.05) is 31.7 Å². The number of para-hydroxylation sites is 1. The van der Waals surface area contributed by atoms with Crippen LogP contribution in [0.3, 0.4) is 0 Å². The van der Waals surface area contributed by atoms with Gasteiger partial charge < -0.3 is 14.8 Å². The Bertz CT molecular complexity index is 438. The Hall–Kier alpha value is -1.82. The second-order valence-electron chi connectivity index (χ2n) is 4.65. The van der Waals surface area contributed by atoms with Gasteiger partial charge in [-0.2, -0.15) is 0 Å². The third kappa shape index (κ3) is 5.99. The van der Waals surface area contributed by atoms with Crippen LogP contribution in [0, 0.1) is 10.1 Å². The van der Waals surface area contributed by atoms with Crippen molar-refractivity contribution in [3.63, 3.8) is 0 Å². The Morgan fingerprint density at radius 2 is 1.95 bits per heavy atom. The predicted octanol–water partition coefficient (Wildman–Crippen LogP) is 3.61. The fourth-order valence-corrected chi connectivity index (χ4v) is 1.83.